The Morgan fingerprint density at radius 1 is 1.43 bits per heavy atom. The molecule has 112 valence electrons. The number of anilines is 2. The number of aromatic nitrogens is 2. The van der Waals surface area contributed by atoms with Crippen LogP contribution in [0.25, 0.3) is 0 Å². The average molecular weight is 286 g/mol. The first-order valence-electron chi connectivity index (χ1n) is 7.51. The normalized spacial score (nSPS) is 17.1. The Morgan fingerprint density at radius 2 is 2.24 bits per heavy atom. The van der Waals surface area contributed by atoms with Crippen LogP contribution in [-0.4, -0.2) is 16.4 Å². The van der Waals surface area contributed by atoms with Crippen molar-refractivity contribution in [3.05, 3.63) is 35.5 Å². The number of nitrogens with one attached hydrogen (secondary N) is 1. The van der Waals surface area contributed by atoms with Gasteiger partial charge in [0, 0.05) is 18.5 Å². The third-order valence-electron chi connectivity index (χ3n) is 3.88. The van der Waals surface area contributed by atoms with Crippen molar-refractivity contribution in [1.82, 2.24) is 9.78 Å². The molecule has 0 saturated heterocycles. The van der Waals surface area contributed by atoms with Crippen LogP contribution in [-0.2, 0) is 6.54 Å². The fourth-order valence-corrected chi connectivity index (χ4v) is 2.78. The van der Waals surface area contributed by atoms with Crippen molar-refractivity contribution in [1.29, 1.82) is 0 Å². The lowest BCUT2D eigenvalue weighted by molar-refractivity contribution is 0.274. The highest BCUT2D eigenvalue weighted by Crippen LogP contribution is 2.35. The van der Waals surface area contributed by atoms with E-state index in [4.69, 9.17) is 10.5 Å². The van der Waals surface area contributed by atoms with E-state index >= 15 is 0 Å². The number of ether oxygens (including phenoxy) is 1. The zero-order chi connectivity index (χ0) is 14.8. The number of aryl methyl sites for hydroxylation is 2. The Hall–Kier alpha value is -2.17. The Bertz CT molecular complexity index is 635. The number of para-hydroxylation sites is 1. The summed E-state index contributed by atoms with van der Waals surface area (Å²) in [5.41, 5.74) is 9.00. The molecule has 1 aliphatic rings. The minimum Gasteiger partial charge on any atom is -0.493 e. The first-order chi connectivity index (χ1) is 10.2. The van der Waals surface area contributed by atoms with Crippen molar-refractivity contribution in [3.63, 3.8) is 0 Å². The number of rotatable bonds is 4. The van der Waals surface area contributed by atoms with Crippen LogP contribution in [0.2, 0.25) is 0 Å². The fourth-order valence-electron chi connectivity index (χ4n) is 2.78. The average Bonchev–Trinajstić information content (AvgIpc) is 2.76. The van der Waals surface area contributed by atoms with Gasteiger partial charge in [-0.15, -0.1) is 0 Å². The second-order valence-corrected chi connectivity index (χ2v) is 5.44. The number of benzene rings is 1. The maximum Gasteiger partial charge on any atom is 0.148 e. The monoisotopic (exact) mass is 286 g/mol. The number of nitrogen functional groups attached to an aromatic ring is 1. The SMILES string of the molecule is CCCn1nc(C)c(N)c1NC1CCOc2ccccc21. The highest BCUT2D eigenvalue weighted by molar-refractivity contribution is 5.65. The highest BCUT2D eigenvalue weighted by atomic mass is 16.5. The lowest BCUT2D eigenvalue weighted by atomic mass is 10.0. The Morgan fingerprint density at radius 3 is 3.05 bits per heavy atom. The third kappa shape index (κ3) is 2.55. The van der Waals surface area contributed by atoms with Gasteiger partial charge in [0.2, 0.25) is 0 Å². The molecule has 0 amide bonds. The van der Waals surface area contributed by atoms with Crippen LogP contribution in [0.4, 0.5) is 11.5 Å². The van der Waals surface area contributed by atoms with Gasteiger partial charge >= 0.3 is 0 Å². The topological polar surface area (TPSA) is 65.1 Å². The molecule has 1 aliphatic heterocycles. The summed E-state index contributed by atoms with van der Waals surface area (Å²) in [4.78, 5) is 0. The van der Waals surface area contributed by atoms with Crippen molar-refractivity contribution >= 4 is 11.5 Å². The fraction of sp³-hybridized carbons (Fsp3) is 0.438. The Kier molecular flexibility index (Phi) is 3.73. The predicted octanol–water partition coefficient (Wildman–Crippen LogP) is 3.12. The number of hydrogen-bond donors (Lipinski definition) is 2. The summed E-state index contributed by atoms with van der Waals surface area (Å²) in [5, 5.41) is 8.09. The minimum atomic E-state index is 0.212. The summed E-state index contributed by atoms with van der Waals surface area (Å²) < 4.78 is 7.69. The molecule has 0 saturated carbocycles. The molecule has 1 atom stereocenters. The van der Waals surface area contributed by atoms with Gasteiger partial charge in [-0.25, -0.2) is 4.68 Å². The number of hydrogen-bond acceptors (Lipinski definition) is 4. The van der Waals surface area contributed by atoms with Crippen LogP contribution in [0, 0.1) is 6.92 Å². The molecular weight excluding hydrogens is 264 g/mol. The quantitative estimate of drug-likeness (QED) is 0.906. The van der Waals surface area contributed by atoms with Gasteiger partial charge in [-0.05, 0) is 19.4 Å². The van der Waals surface area contributed by atoms with Gasteiger partial charge in [-0.2, -0.15) is 5.10 Å². The molecule has 0 spiro atoms. The molecule has 0 aliphatic carbocycles. The van der Waals surface area contributed by atoms with Crippen molar-refractivity contribution in [2.45, 2.75) is 39.3 Å². The lowest BCUT2D eigenvalue weighted by Gasteiger charge is -2.27. The van der Waals surface area contributed by atoms with E-state index < -0.39 is 0 Å². The Labute approximate surface area is 125 Å². The van der Waals surface area contributed by atoms with Gasteiger partial charge in [0.25, 0.3) is 0 Å². The predicted molar refractivity (Wildman–Crippen MR) is 84.6 cm³/mol. The van der Waals surface area contributed by atoms with Gasteiger partial charge in [-0.3, -0.25) is 0 Å². The number of fused-ring (bicyclic) bond motifs is 1. The zero-order valence-electron chi connectivity index (χ0n) is 12.6. The van der Waals surface area contributed by atoms with Gasteiger partial charge in [0.1, 0.15) is 11.6 Å². The van der Waals surface area contributed by atoms with Crippen LogP contribution in [0.1, 0.15) is 37.1 Å². The molecule has 3 rings (SSSR count). The van der Waals surface area contributed by atoms with E-state index in [1.54, 1.807) is 0 Å². The standard InChI is InChI=1S/C16H22N4O/c1-3-9-20-16(15(17)11(2)19-20)18-13-8-10-21-14-7-5-4-6-12(13)14/h4-7,13,18H,3,8-10,17H2,1-2H3. The molecule has 1 aromatic heterocycles. The number of nitrogens with two attached hydrogens (primary N) is 1. The summed E-state index contributed by atoms with van der Waals surface area (Å²) in [5.74, 6) is 1.88. The molecular formula is C16H22N4O. The Balaban J connectivity index is 1.91. The molecule has 1 aromatic carbocycles. The molecule has 3 N–H and O–H groups in total. The molecule has 2 aromatic rings. The van der Waals surface area contributed by atoms with Crippen LogP contribution in [0.3, 0.4) is 0 Å². The summed E-state index contributed by atoms with van der Waals surface area (Å²) in [6, 6.07) is 8.38. The molecule has 5 nitrogen and oxygen atoms in total. The van der Waals surface area contributed by atoms with Crippen molar-refractivity contribution < 1.29 is 4.74 Å². The highest BCUT2D eigenvalue weighted by Gasteiger charge is 2.23. The zero-order valence-corrected chi connectivity index (χ0v) is 12.6. The van der Waals surface area contributed by atoms with E-state index in [1.165, 1.54) is 5.56 Å². The van der Waals surface area contributed by atoms with Crippen molar-refractivity contribution in [2.24, 2.45) is 0 Å². The molecule has 0 radical (unpaired) electrons. The van der Waals surface area contributed by atoms with Gasteiger partial charge in [0.05, 0.1) is 24.0 Å². The first-order valence-corrected chi connectivity index (χ1v) is 7.51. The summed E-state index contributed by atoms with van der Waals surface area (Å²) in [7, 11) is 0. The van der Waals surface area contributed by atoms with Crippen LogP contribution >= 0.6 is 0 Å². The van der Waals surface area contributed by atoms with Crippen LogP contribution in [0.15, 0.2) is 24.3 Å². The maximum absolute atomic E-state index is 6.19. The first kappa shape index (κ1) is 13.8. The van der Waals surface area contributed by atoms with E-state index in [1.807, 2.05) is 29.8 Å². The van der Waals surface area contributed by atoms with Gasteiger partial charge in [0.15, 0.2) is 0 Å². The van der Waals surface area contributed by atoms with Crippen molar-refractivity contribution in [3.8, 4) is 5.75 Å². The molecule has 21 heavy (non-hydrogen) atoms. The van der Waals surface area contributed by atoms with E-state index in [0.29, 0.717) is 0 Å². The molecule has 2 heterocycles. The molecule has 0 fully saturated rings. The molecule has 0 bridgehead atoms. The number of nitrogens with zero attached hydrogens (tertiary/aromatic N) is 2. The summed E-state index contributed by atoms with van der Waals surface area (Å²) in [6.45, 7) is 5.67. The van der Waals surface area contributed by atoms with Crippen molar-refractivity contribution in [2.75, 3.05) is 17.7 Å². The van der Waals surface area contributed by atoms with E-state index in [2.05, 4.69) is 23.4 Å². The summed E-state index contributed by atoms with van der Waals surface area (Å²) in [6.07, 6.45) is 1.95. The minimum absolute atomic E-state index is 0.212. The second kappa shape index (κ2) is 5.68. The smallest absolute Gasteiger partial charge is 0.148 e. The molecule has 5 heteroatoms. The van der Waals surface area contributed by atoms with E-state index in [-0.39, 0.29) is 6.04 Å². The van der Waals surface area contributed by atoms with Crippen LogP contribution in [0.5, 0.6) is 5.75 Å². The van der Waals surface area contributed by atoms with Gasteiger partial charge < -0.3 is 15.8 Å². The van der Waals surface area contributed by atoms with E-state index in [0.717, 1.165) is 48.9 Å². The van der Waals surface area contributed by atoms with E-state index in [9.17, 15) is 0 Å². The van der Waals surface area contributed by atoms with Crippen LogP contribution < -0.4 is 15.8 Å². The van der Waals surface area contributed by atoms with Gasteiger partial charge in [-0.1, -0.05) is 25.1 Å². The third-order valence-corrected chi connectivity index (χ3v) is 3.88. The molecule has 1 unspecified atom stereocenters. The second-order valence-electron chi connectivity index (χ2n) is 5.44. The summed E-state index contributed by atoms with van der Waals surface area (Å²) >= 11 is 0. The maximum atomic E-state index is 6.19. The lowest BCUT2D eigenvalue weighted by Crippen LogP contribution is -2.22. The largest absolute Gasteiger partial charge is 0.493 e.